The number of aromatic amines is 1. The molecule has 1 saturated heterocycles. The summed E-state index contributed by atoms with van der Waals surface area (Å²) in [6, 6.07) is 31.1. The Balaban J connectivity index is 1.17. The minimum absolute atomic E-state index is 0.0523. The Hall–Kier alpha value is -4.88. The van der Waals surface area contributed by atoms with Crippen molar-refractivity contribution in [2.24, 2.45) is 0 Å². The number of likely N-dealkylation sites (tertiary alicyclic amines) is 1. The molecule has 3 N–H and O–H groups in total. The highest BCUT2D eigenvalue weighted by Crippen LogP contribution is 2.24. The van der Waals surface area contributed by atoms with Crippen LogP contribution in [0.1, 0.15) is 39.9 Å². The van der Waals surface area contributed by atoms with Crippen LogP contribution in [0.4, 0.5) is 0 Å². The fourth-order valence-corrected chi connectivity index (χ4v) is 6.12. The van der Waals surface area contributed by atoms with E-state index in [2.05, 4.69) is 21.3 Å². The molecule has 0 radical (unpaired) electrons. The van der Waals surface area contributed by atoms with Crippen molar-refractivity contribution < 1.29 is 14.7 Å². The molecule has 1 aliphatic heterocycles. The molecule has 0 bridgehead atoms. The summed E-state index contributed by atoms with van der Waals surface area (Å²) in [5, 5.41) is 13.8. The molecule has 0 saturated carbocycles. The van der Waals surface area contributed by atoms with E-state index in [1.807, 2.05) is 90.0 Å². The SMILES string of the molecule is O=C(NCCN1CCCC1)c1cccc(-c2cccc(CN(CCc3ccc(O)cc3)C(=O)Cc3c[nH]c4ccccc34)c2)c1. The number of nitrogens with zero attached hydrogens (tertiary/aromatic N) is 2. The van der Waals surface area contributed by atoms with Crippen LogP contribution in [0.3, 0.4) is 0 Å². The molecule has 2 amide bonds. The molecule has 4 aromatic carbocycles. The van der Waals surface area contributed by atoms with Crippen LogP contribution in [0, 0.1) is 0 Å². The monoisotopic (exact) mass is 600 g/mol. The maximum atomic E-state index is 13.8. The zero-order valence-corrected chi connectivity index (χ0v) is 25.5. The third kappa shape index (κ3) is 7.80. The number of phenols is 1. The van der Waals surface area contributed by atoms with E-state index in [-0.39, 0.29) is 17.6 Å². The van der Waals surface area contributed by atoms with Gasteiger partial charge in [-0.3, -0.25) is 9.59 Å². The summed E-state index contributed by atoms with van der Waals surface area (Å²) in [5.74, 6) is 0.221. The number of carbonyl (C=O) groups excluding carboxylic acids is 2. The van der Waals surface area contributed by atoms with Crippen LogP contribution in [0.2, 0.25) is 0 Å². The lowest BCUT2D eigenvalue weighted by atomic mass is 10.0. The van der Waals surface area contributed by atoms with Crippen molar-refractivity contribution in [2.75, 3.05) is 32.7 Å². The molecule has 0 spiro atoms. The Labute approximate surface area is 264 Å². The average Bonchev–Trinajstić information content (AvgIpc) is 3.74. The number of carbonyl (C=O) groups is 2. The van der Waals surface area contributed by atoms with Crippen molar-refractivity contribution in [3.8, 4) is 16.9 Å². The zero-order chi connectivity index (χ0) is 31.0. The normalized spacial score (nSPS) is 13.2. The van der Waals surface area contributed by atoms with Gasteiger partial charge in [-0.1, -0.05) is 60.7 Å². The second-order valence-electron chi connectivity index (χ2n) is 11.9. The van der Waals surface area contributed by atoms with Gasteiger partial charge in [0.05, 0.1) is 6.42 Å². The van der Waals surface area contributed by atoms with E-state index in [9.17, 15) is 14.7 Å². The van der Waals surface area contributed by atoms with Crippen LogP contribution in [0.15, 0.2) is 103 Å². The largest absolute Gasteiger partial charge is 0.508 e. The number of aromatic nitrogens is 1. The molecule has 1 aromatic heterocycles. The van der Waals surface area contributed by atoms with Crippen molar-refractivity contribution in [1.29, 1.82) is 0 Å². The number of amides is 2. The Kier molecular flexibility index (Phi) is 9.56. The van der Waals surface area contributed by atoms with Crippen molar-refractivity contribution in [2.45, 2.75) is 32.2 Å². The Morgan fingerprint density at radius 3 is 2.42 bits per heavy atom. The molecule has 230 valence electrons. The number of para-hydroxylation sites is 1. The number of benzene rings is 4. The smallest absolute Gasteiger partial charge is 0.251 e. The van der Waals surface area contributed by atoms with E-state index in [1.54, 1.807) is 12.1 Å². The Morgan fingerprint density at radius 2 is 1.60 bits per heavy atom. The summed E-state index contributed by atoms with van der Waals surface area (Å²) in [7, 11) is 0. The standard InChI is InChI=1S/C38H40N4O3/c43-34-15-13-28(14-16-34)17-21-42(37(44)25-33-26-40-36-12-2-1-11-35(33)36)27-29-7-5-8-30(23-29)31-9-6-10-32(24-31)38(45)39-18-22-41-19-3-4-20-41/h1-2,5-16,23-24,26,40,43H,3-4,17-22,25,27H2,(H,39,45). The number of phenolic OH excluding ortho intramolecular Hbond substituents is 1. The number of rotatable bonds is 12. The molecule has 1 fully saturated rings. The van der Waals surface area contributed by atoms with E-state index >= 15 is 0 Å². The maximum Gasteiger partial charge on any atom is 0.251 e. The highest BCUT2D eigenvalue weighted by Gasteiger charge is 2.18. The van der Waals surface area contributed by atoms with Crippen molar-refractivity contribution in [3.63, 3.8) is 0 Å². The minimum atomic E-state index is -0.0597. The maximum absolute atomic E-state index is 13.8. The third-order valence-electron chi connectivity index (χ3n) is 8.65. The molecule has 0 aliphatic carbocycles. The fourth-order valence-electron chi connectivity index (χ4n) is 6.12. The topological polar surface area (TPSA) is 88.7 Å². The number of hydrogen-bond donors (Lipinski definition) is 3. The van der Waals surface area contributed by atoms with Gasteiger partial charge in [-0.05, 0) is 96.6 Å². The van der Waals surface area contributed by atoms with Gasteiger partial charge in [-0.2, -0.15) is 0 Å². The van der Waals surface area contributed by atoms with Gasteiger partial charge >= 0.3 is 0 Å². The predicted molar refractivity (Wildman–Crippen MR) is 179 cm³/mol. The van der Waals surface area contributed by atoms with Crippen molar-refractivity contribution in [3.05, 3.63) is 126 Å². The number of hydrogen-bond acceptors (Lipinski definition) is 4. The van der Waals surface area contributed by atoms with Crippen LogP contribution in [-0.4, -0.2) is 64.4 Å². The molecule has 0 atom stereocenters. The van der Waals surface area contributed by atoms with Gasteiger partial charge in [0.1, 0.15) is 5.75 Å². The minimum Gasteiger partial charge on any atom is -0.508 e. The lowest BCUT2D eigenvalue weighted by molar-refractivity contribution is -0.131. The highest BCUT2D eigenvalue weighted by molar-refractivity contribution is 5.95. The van der Waals surface area contributed by atoms with E-state index in [1.165, 1.54) is 12.8 Å². The Morgan fingerprint density at radius 1 is 0.844 bits per heavy atom. The van der Waals surface area contributed by atoms with Gasteiger partial charge in [0.15, 0.2) is 0 Å². The second-order valence-corrected chi connectivity index (χ2v) is 11.9. The lowest BCUT2D eigenvalue weighted by Gasteiger charge is -2.23. The molecule has 7 heteroatoms. The summed E-state index contributed by atoms with van der Waals surface area (Å²) in [6.07, 6.45) is 5.38. The first kappa shape index (κ1) is 30.2. The third-order valence-corrected chi connectivity index (χ3v) is 8.65. The predicted octanol–water partition coefficient (Wildman–Crippen LogP) is 6.18. The van der Waals surface area contributed by atoms with Gasteiger partial charge in [0, 0.05) is 48.8 Å². The second kappa shape index (κ2) is 14.3. The van der Waals surface area contributed by atoms with Gasteiger partial charge in [0.25, 0.3) is 5.91 Å². The van der Waals surface area contributed by atoms with Gasteiger partial charge in [-0.15, -0.1) is 0 Å². The van der Waals surface area contributed by atoms with Crippen LogP contribution >= 0.6 is 0 Å². The van der Waals surface area contributed by atoms with E-state index in [0.29, 0.717) is 38.0 Å². The average molecular weight is 601 g/mol. The van der Waals surface area contributed by atoms with Crippen LogP contribution < -0.4 is 5.32 Å². The van der Waals surface area contributed by atoms with Gasteiger partial charge < -0.3 is 25.2 Å². The number of fused-ring (bicyclic) bond motifs is 1. The molecule has 45 heavy (non-hydrogen) atoms. The van der Waals surface area contributed by atoms with E-state index < -0.39 is 0 Å². The Bertz CT molecular complexity index is 1750. The molecular weight excluding hydrogens is 560 g/mol. The quantitative estimate of drug-likeness (QED) is 0.160. The summed E-state index contributed by atoms with van der Waals surface area (Å²) in [4.78, 5) is 34.3. The van der Waals surface area contributed by atoms with Crippen molar-refractivity contribution >= 4 is 22.7 Å². The summed E-state index contributed by atoms with van der Waals surface area (Å²) < 4.78 is 0. The summed E-state index contributed by atoms with van der Waals surface area (Å²) >= 11 is 0. The first-order valence-corrected chi connectivity index (χ1v) is 15.8. The van der Waals surface area contributed by atoms with E-state index in [4.69, 9.17) is 0 Å². The molecule has 2 heterocycles. The molecule has 6 rings (SSSR count). The first-order chi connectivity index (χ1) is 22.0. The van der Waals surface area contributed by atoms with Crippen LogP contribution in [-0.2, 0) is 24.2 Å². The summed E-state index contributed by atoms with van der Waals surface area (Å²) in [5.41, 5.74) is 6.68. The number of nitrogens with one attached hydrogen (secondary N) is 2. The zero-order valence-electron chi connectivity index (χ0n) is 25.5. The fraction of sp³-hybridized carbons (Fsp3) is 0.263. The van der Waals surface area contributed by atoms with E-state index in [0.717, 1.165) is 58.4 Å². The van der Waals surface area contributed by atoms with Crippen LogP contribution in [0.5, 0.6) is 5.75 Å². The highest BCUT2D eigenvalue weighted by atomic mass is 16.3. The molecule has 5 aromatic rings. The molecule has 1 aliphatic rings. The lowest BCUT2D eigenvalue weighted by Crippen LogP contribution is -2.33. The molecule has 0 unspecified atom stereocenters. The van der Waals surface area contributed by atoms with Crippen LogP contribution in [0.25, 0.3) is 22.0 Å². The number of aromatic hydroxyl groups is 1. The molecule has 7 nitrogen and oxygen atoms in total. The first-order valence-electron chi connectivity index (χ1n) is 15.8. The van der Waals surface area contributed by atoms with Gasteiger partial charge in [0.2, 0.25) is 5.91 Å². The number of H-pyrrole nitrogens is 1. The molecular formula is C38H40N4O3. The van der Waals surface area contributed by atoms with Gasteiger partial charge in [-0.25, -0.2) is 0 Å². The summed E-state index contributed by atoms with van der Waals surface area (Å²) in [6.45, 7) is 4.77. The van der Waals surface area contributed by atoms with Crippen molar-refractivity contribution in [1.82, 2.24) is 20.1 Å².